The van der Waals surface area contributed by atoms with E-state index in [2.05, 4.69) is 51.5 Å². The summed E-state index contributed by atoms with van der Waals surface area (Å²) in [6.45, 7) is 14.4. The molecule has 0 bridgehead atoms. The van der Waals surface area contributed by atoms with Gasteiger partial charge in [0.1, 0.15) is 0 Å². The van der Waals surface area contributed by atoms with Crippen LogP contribution < -0.4 is 0 Å². The quantitative estimate of drug-likeness (QED) is 0.0479. The van der Waals surface area contributed by atoms with Gasteiger partial charge in [-0.05, 0) is 122 Å². The van der Waals surface area contributed by atoms with Gasteiger partial charge in [-0.3, -0.25) is 14.4 Å². The van der Waals surface area contributed by atoms with E-state index in [0.29, 0.717) is 62.3 Å². The molecule has 0 aliphatic heterocycles. The highest BCUT2D eigenvalue weighted by atomic mass is 16.5. The molecule has 1 amide bonds. The Bertz CT molecular complexity index is 1170. The van der Waals surface area contributed by atoms with E-state index >= 15 is 0 Å². The van der Waals surface area contributed by atoms with Crippen LogP contribution >= 0.6 is 0 Å². The fraction of sp³-hybridized carbons (Fsp3) is 0.954. The van der Waals surface area contributed by atoms with Gasteiger partial charge >= 0.3 is 11.9 Å². The Kier molecular flexibility index (Phi) is 48.5. The van der Waals surface area contributed by atoms with Crippen molar-refractivity contribution < 1.29 is 29.0 Å². The summed E-state index contributed by atoms with van der Waals surface area (Å²) in [7, 11) is 2.24. The average Bonchev–Trinajstić information content (AvgIpc) is 3.39. The second-order valence-electron chi connectivity index (χ2n) is 23.5. The third-order valence-corrected chi connectivity index (χ3v) is 16.6. The van der Waals surface area contributed by atoms with Gasteiger partial charge in [-0.1, -0.05) is 221 Å². The van der Waals surface area contributed by atoms with Gasteiger partial charge in [0.05, 0.1) is 19.3 Å². The van der Waals surface area contributed by atoms with E-state index in [1.807, 2.05) is 0 Å². The first-order valence-electron chi connectivity index (χ1n) is 32.7. The average molecular weight is 1030 g/mol. The Hall–Kier alpha value is -1.67. The highest BCUT2D eigenvalue weighted by molar-refractivity contribution is 5.76. The number of carbonyl (C=O) groups excluding carboxylic acids is 3. The zero-order valence-corrected chi connectivity index (χ0v) is 49.8. The molecular formula is C65H126N2O6. The number of amides is 1. The molecule has 0 saturated heterocycles. The molecule has 8 heteroatoms. The van der Waals surface area contributed by atoms with Crippen molar-refractivity contribution in [2.24, 2.45) is 11.8 Å². The van der Waals surface area contributed by atoms with E-state index in [9.17, 15) is 19.5 Å². The summed E-state index contributed by atoms with van der Waals surface area (Å²) >= 11 is 0. The Morgan fingerprint density at radius 1 is 0.411 bits per heavy atom. The lowest BCUT2D eigenvalue weighted by Crippen LogP contribution is -2.41. The second-order valence-corrected chi connectivity index (χ2v) is 23.5. The molecule has 1 rings (SSSR count). The monoisotopic (exact) mass is 1030 g/mol. The largest absolute Gasteiger partial charge is 0.465 e. The van der Waals surface area contributed by atoms with Gasteiger partial charge in [-0.2, -0.15) is 0 Å². The Balaban J connectivity index is 2.77. The van der Waals surface area contributed by atoms with Crippen LogP contribution in [0, 0.1) is 11.8 Å². The van der Waals surface area contributed by atoms with Crippen molar-refractivity contribution in [3.63, 3.8) is 0 Å². The first kappa shape index (κ1) is 69.3. The third kappa shape index (κ3) is 41.1. The summed E-state index contributed by atoms with van der Waals surface area (Å²) in [6.07, 6.45) is 53.0. The minimum atomic E-state index is -0.127. The minimum absolute atomic E-state index is 0.00861. The van der Waals surface area contributed by atoms with Crippen LogP contribution in [0.5, 0.6) is 0 Å². The van der Waals surface area contributed by atoms with Crippen molar-refractivity contribution in [3.05, 3.63) is 0 Å². The minimum Gasteiger partial charge on any atom is -0.465 e. The van der Waals surface area contributed by atoms with Crippen LogP contribution in [0.25, 0.3) is 0 Å². The summed E-state index contributed by atoms with van der Waals surface area (Å²) in [5.41, 5.74) is 0. The summed E-state index contributed by atoms with van der Waals surface area (Å²) in [4.78, 5) is 44.6. The predicted molar refractivity (Wildman–Crippen MR) is 312 cm³/mol. The molecule has 0 radical (unpaired) electrons. The van der Waals surface area contributed by atoms with E-state index in [1.165, 1.54) is 173 Å². The van der Waals surface area contributed by atoms with Crippen molar-refractivity contribution in [3.8, 4) is 0 Å². The maximum Gasteiger partial charge on any atom is 0.305 e. The smallest absolute Gasteiger partial charge is 0.305 e. The summed E-state index contributed by atoms with van der Waals surface area (Å²) < 4.78 is 11.6. The van der Waals surface area contributed by atoms with Crippen molar-refractivity contribution in [2.75, 3.05) is 33.4 Å². The van der Waals surface area contributed by atoms with E-state index in [1.54, 1.807) is 0 Å². The van der Waals surface area contributed by atoms with E-state index in [-0.39, 0.29) is 18.0 Å². The fourth-order valence-electron chi connectivity index (χ4n) is 11.5. The number of ether oxygens (including phenoxy) is 2. The highest BCUT2D eigenvalue weighted by Gasteiger charge is 2.25. The van der Waals surface area contributed by atoms with Crippen molar-refractivity contribution in [1.29, 1.82) is 0 Å². The van der Waals surface area contributed by atoms with Gasteiger partial charge in [0, 0.05) is 37.9 Å². The number of aliphatic hydroxyl groups excluding tert-OH is 1. The number of unbranched alkanes of at least 4 members (excludes halogenated alkanes) is 26. The molecule has 0 spiro atoms. The number of nitrogens with zero attached hydrogens (tertiary/aromatic N) is 2. The lowest BCUT2D eigenvalue weighted by molar-refractivity contribution is -0.146. The molecule has 1 fully saturated rings. The Labute approximate surface area is 454 Å². The van der Waals surface area contributed by atoms with Crippen LogP contribution in [0.4, 0.5) is 0 Å². The SMILES string of the molecule is CCCCCCCCCCN(C(=O)CCCCN(C)C1CCC(O)CC1)C(CCCCCCCCC(=O)OCC(CCCC)CCCCCC)CCCCCCCCC(=O)OCC(CCCC)CCCCCC. The van der Waals surface area contributed by atoms with E-state index in [4.69, 9.17) is 9.47 Å². The molecule has 73 heavy (non-hydrogen) atoms. The summed E-state index contributed by atoms with van der Waals surface area (Å²) in [6, 6.07) is 0.861. The van der Waals surface area contributed by atoms with Gasteiger partial charge in [-0.25, -0.2) is 0 Å². The molecule has 0 aromatic rings. The topological polar surface area (TPSA) is 96.4 Å². The molecule has 1 aliphatic carbocycles. The number of carbonyl (C=O) groups is 3. The van der Waals surface area contributed by atoms with E-state index < -0.39 is 0 Å². The standard InChI is InChI=1S/C65H126N2O6/c1-7-12-17-20-21-26-31-39-55-67(63(69)47-38-40-54-66(6)60-50-52-62(68)53-51-60)61(45-34-27-22-24-29-36-48-64(70)72-56-58(41-15-10-4)43-32-18-13-8-2)46-35-28-23-25-30-37-49-65(71)73-57-59(42-16-11-5)44-33-19-14-9-3/h58-62,68H,7-57H2,1-6H3. The van der Waals surface area contributed by atoms with Crippen molar-refractivity contribution in [1.82, 2.24) is 9.80 Å². The van der Waals surface area contributed by atoms with Crippen LogP contribution in [0.3, 0.4) is 0 Å². The first-order chi connectivity index (χ1) is 35.7. The number of esters is 2. The predicted octanol–water partition coefficient (Wildman–Crippen LogP) is 18.6. The molecule has 2 atom stereocenters. The lowest BCUT2D eigenvalue weighted by Gasteiger charge is -2.34. The Morgan fingerprint density at radius 3 is 1.21 bits per heavy atom. The van der Waals surface area contributed by atoms with Crippen molar-refractivity contribution >= 4 is 17.8 Å². The van der Waals surface area contributed by atoms with Gasteiger partial charge in [0.25, 0.3) is 0 Å². The van der Waals surface area contributed by atoms with Crippen LogP contribution in [0.15, 0.2) is 0 Å². The molecule has 1 saturated carbocycles. The van der Waals surface area contributed by atoms with Crippen LogP contribution in [0.2, 0.25) is 0 Å². The Morgan fingerprint density at radius 2 is 0.753 bits per heavy atom. The number of hydrogen-bond acceptors (Lipinski definition) is 7. The van der Waals surface area contributed by atoms with E-state index in [0.717, 1.165) is 122 Å². The maximum absolute atomic E-state index is 14.3. The maximum atomic E-state index is 14.3. The fourth-order valence-corrected chi connectivity index (χ4v) is 11.5. The number of rotatable bonds is 54. The van der Waals surface area contributed by atoms with Gasteiger partial charge in [-0.15, -0.1) is 0 Å². The van der Waals surface area contributed by atoms with Gasteiger partial charge in [0.15, 0.2) is 0 Å². The summed E-state index contributed by atoms with van der Waals surface area (Å²) in [5.74, 6) is 1.39. The zero-order chi connectivity index (χ0) is 53.3. The number of hydrogen-bond donors (Lipinski definition) is 1. The third-order valence-electron chi connectivity index (χ3n) is 16.6. The van der Waals surface area contributed by atoms with Crippen LogP contribution in [-0.2, 0) is 23.9 Å². The zero-order valence-electron chi connectivity index (χ0n) is 49.8. The first-order valence-corrected chi connectivity index (χ1v) is 32.7. The molecule has 8 nitrogen and oxygen atoms in total. The molecule has 2 unspecified atom stereocenters. The molecule has 0 aromatic heterocycles. The molecule has 0 heterocycles. The van der Waals surface area contributed by atoms with Gasteiger partial charge < -0.3 is 24.4 Å². The highest BCUT2D eigenvalue weighted by Crippen LogP contribution is 2.26. The van der Waals surface area contributed by atoms with Crippen LogP contribution in [-0.4, -0.2) is 84.3 Å². The van der Waals surface area contributed by atoms with Gasteiger partial charge in [0.2, 0.25) is 5.91 Å². The molecule has 1 aliphatic rings. The van der Waals surface area contributed by atoms with Crippen molar-refractivity contribution in [2.45, 2.75) is 355 Å². The normalized spacial score (nSPS) is 16.2. The lowest BCUT2D eigenvalue weighted by atomic mass is 9.92. The number of aliphatic hydroxyl groups is 1. The second kappa shape index (κ2) is 51.1. The molecular weight excluding hydrogens is 905 g/mol. The molecule has 432 valence electrons. The molecule has 1 N–H and O–H groups in total. The molecule has 0 aromatic carbocycles. The summed E-state index contributed by atoms with van der Waals surface area (Å²) in [5, 5.41) is 10.0. The van der Waals surface area contributed by atoms with Crippen LogP contribution in [0.1, 0.15) is 336 Å².